The fraction of sp³-hybridized carbons (Fsp3) is 0.538. The first-order valence-electron chi connectivity index (χ1n) is 6.33. The summed E-state index contributed by atoms with van der Waals surface area (Å²) < 4.78 is 13.2. The van der Waals surface area contributed by atoms with E-state index in [-0.39, 0.29) is 5.46 Å². The van der Waals surface area contributed by atoms with Gasteiger partial charge in [0.2, 0.25) is 0 Å². The van der Waals surface area contributed by atoms with Crippen LogP contribution < -0.4 is 5.46 Å². The molecule has 1 rings (SSSR count). The van der Waals surface area contributed by atoms with Gasteiger partial charge in [-0.1, -0.05) is 13.0 Å². The predicted molar refractivity (Wildman–Crippen MR) is 80.2 cm³/mol. The van der Waals surface area contributed by atoms with Crippen molar-refractivity contribution in [3.05, 3.63) is 29.6 Å². The molecule has 0 aliphatic rings. The van der Waals surface area contributed by atoms with Gasteiger partial charge in [-0.05, 0) is 42.9 Å². The van der Waals surface area contributed by atoms with Crippen LogP contribution in [0.2, 0.25) is 0 Å². The lowest BCUT2D eigenvalue weighted by molar-refractivity contribution is 0.248. The summed E-state index contributed by atoms with van der Waals surface area (Å²) in [4.78, 5) is 2.16. The molecule has 0 saturated heterocycles. The normalized spacial score (nSPS) is 12.8. The van der Waals surface area contributed by atoms with Crippen LogP contribution in [0, 0.1) is 5.82 Å². The molecule has 0 saturated carbocycles. The SMILES string of the molecule is CCC(CSC)N(C)Cc1ccc(F)cc1B(O)O. The number of rotatable bonds is 7. The fourth-order valence-electron chi connectivity index (χ4n) is 2.10. The van der Waals surface area contributed by atoms with Gasteiger partial charge >= 0.3 is 7.12 Å². The summed E-state index contributed by atoms with van der Waals surface area (Å²) in [7, 11) is 0.362. The average molecular weight is 285 g/mol. The topological polar surface area (TPSA) is 43.7 Å². The molecule has 2 N–H and O–H groups in total. The summed E-state index contributed by atoms with van der Waals surface area (Å²) in [6.45, 7) is 2.70. The van der Waals surface area contributed by atoms with Gasteiger partial charge in [0, 0.05) is 18.3 Å². The first kappa shape index (κ1) is 16.5. The highest BCUT2D eigenvalue weighted by atomic mass is 32.2. The Hall–Kier alpha value is -0.555. The summed E-state index contributed by atoms with van der Waals surface area (Å²) >= 11 is 1.79. The number of thioether (sulfide) groups is 1. The van der Waals surface area contributed by atoms with Crippen molar-refractivity contribution in [2.45, 2.75) is 25.9 Å². The molecule has 0 bridgehead atoms. The molecule has 0 aliphatic heterocycles. The minimum absolute atomic E-state index is 0.242. The van der Waals surface area contributed by atoms with E-state index in [1.807, 2.05) is 7.05 Å². The molecular weight excluding hydrogens is 264 g/mol. The Morgan fingerprint density at radius 2 is 2.11 bits per heavy atom. The second-order valence-electron chi connectivity index (χ2n) is 4.65. The molecule has 0 radical (unpaired) electrons. The van der Waals surface area contributed by atoms with Gasteiger partial charge in [0.15, 0.2) is 0 Å². The van der Waals surface area contributed by atoms with Crippen LogP contribution >= 0.6 is 11.8 Å². The van der Waals surface area contributed by atoms with Crippen molar-refractivity contribution in [3.8, 4) is 0 Å². The Morgan fingerprint density at radius 1 is 1.42 bits per heavy atom. The van der Waals surface area contributed by atoms with Gasteiger partial charge in [0.1, 0.15) is 5.82 Å². The van der Waals surface area contributed by atoms with E-state index in [1.165, 1.54) is 12.1 Å². The maximum Gasteiger partial charge on any atom is 0.488 e. The van der Waals surface area contributed by atoms with E-state index < -0.39 is 12.9 Å². The first-order chi connectivity index (χ1) is 8.99. The Morgan fingerprint density at radius 3 is 2.63 bits per heavy atom. The molecule has 0 spiro atoms. The number of hydrogen-bond acceptors (Lipinski definition) is 4. The summed E-state index contributed by atoms with van der Waals surface area (Å²) in [5.74, 6) is 0.566. The van der Waals surface area contributed by atoms with Crippen molar-refractivity contribution < 1.29 is 14.4 Å². The lowest BCUT2D eigenvalue weighted by atomic mass is 9.77. The molecule has 1 atom stereocenters. The number of benzene rings is 1. The molecular formula is C13H21BFNO2S. The van der Waals surface area contributed by atoms with E-state index in [1.54, 1.807) is 17.8 Å². The molecule has 0 aromatic heterocycles. The summed E-state index contributed by atoms with van der Waals surface area (Å²) in [5.41, 5.74) is 0.990. The van der Waals surface area contributed by atoms with Crippen molar-refractivity contribution in [2.24, 2.45) is 0 Å². The van der Waals surface area contributed by atoms with E-state index in [0.29, 0.717) is 12.6 Å². The molecule has 19 heavy (non-hydrogen) atoms. The van der Waals surface area contributed by atoms with Crippen molar-refractivity contribution in [1.29, 1.82) is 0 Å². The average Bonchev–Trinajstić information content (AvgIpc) is 2.37. The minimum Gasteiger partial charge on any atom is -0.423 e. The van der Waals surface area contributed by atoms with E-state index in [2.05, 4.69) is 18.1 Å². The minimum atomic E-state index is -1.64. The van der Waals surface area contributed by atoms with E-state index >= 15 is 0 Å². The third-order valence-corrected chi connectivity index (χ3v) is 3.98. The van der Waals surface area contributed by atoms with Crippen molar-refractivity contribution in [1.82, 2.24) is 4.90 Å². The van der Waals surface area contributed by atoms with Gasteiger partial charge in [-0.15, -0.1) is 0 Å². The molecule has 1 aromatic carbocycles. The predicted octanol–water partition coefficient (Wildman–Crippen LogP) is 1.08. The van der Waals surface area contributed by atoms with Gasteiger partial charge in [0.05, 0.1) is 0 Å². The highest BCUT2D eigenvalue weighted by Gasteiger charge is 2.19. The quantitative estimate of drug-likeness (QED) is 0.736. The first-order valence-corrected chi connectivity index (χ1v) is 7.72. The van der Waals surface area contributed by atoms with Crippen LogP contribution in [-0.4, -0.2) is 47.2 Å². The van der Waals surface area contributed by atoms with E-state index in [4.69, 9.17) is 0 Å². The van der Waals surface area contributed by atoms with Gasteiger partial charge < -0.3 is 10.0 Å². The van der Waals surface area contributed by atoms with Crippen LogP contribution in [0.1, 0.15) is 18.9 Å². The number of halogens is 1. The zero-order valence-electron chi connectivity index (χ0n) is 11.6. The van der Waals surface area contributed by atoms with Crippen LogP contribution in [0.4, 0.5) is 4.39 Å². The molecule has 6 heteroatoms. The van der Waals surface area contributed by atoms with Gasteiger partial charge in [-0.3, -0.25) is 4.90 Å². The molecule has 106 valence electrons. The zero-order chi connectivity index (χ0) is 14.4. The molecule has 1 unspecified atom stereocenters. The van der Waals surface area contributed by atoms with Crippen LogP contribution in [-0.2, 0) is 6.54 Å². The maximum absolute atomic E-state index is 13.2. The molecule has 3 nitrogen and oxygen atoms in total. The third kappa shape index (κ3) is 4.80. The highest BCUT2D eigenvalue weighted by Crippen LogP contribution is 2.12. The molecule has 0 fully saturated rings. The monoisotopic (exact) mass is 285 g/mol. The second-order valence-corrected chi connectivity index (χ2v) is 5.56. The Bertz CT molecular complexity index is 406. The Labute approximate surface area is 119 Å². The summed E-state index contributed by atoms with van der Waals surface area (Å²) in [5, 5.41) is 18.6. The Balaban J connectivity index is 2.86. The van der Waals surface area contributed by atoms with Crippen LogP contribution in [0.25, 0.3) is 0 Å². The van der Waals surface area contributed by atoms with Gasteiger partial charge in [-0.2, -0.15) is 11.8 Å². The molecule has 0 aliphatic carbocycles. The van der Waals surface area contributed by atoms with E-state index in [9.17, 15) is 14.4 Å². The fourth-order valence-corrected chi connectivity index (χ4v) is 2.97. The lowest BCUT2D eigenvalue weighted by Crippen LogP contribution is -2.38. The third-order valence-electron chi connectivity index (χ3n) is 3.26. The molecule has 0 heterocycles. The van der Waals surface area contributed by atoms with Crippen LogP contribution in [0.15, 0.2) is 18.2 Å². The van der Waals surface area contributed by atoms with Gasteiger partial charge in [-0.25, -0.2) is 4.39 Å². The number of nitrogens with zero attached hydrogens (tertiary/aromatic N) is 1. The van der Waals surface area contributed by atoms with Crippen LogP contribution in [0.3, 0.4) is 0 Å². The van der Waals surface area contributed by atoms with Crippen LogP contribution in [0.5, 0.6) is 0 Å². The largest absolute Gasteiger partial charge is 0.488 e. The summed E-state index contributed by atoms with van der Waals surface area (Å²) in [6.07, 6.45) is 3.09. The number of hydrogen-bond donors (Lipinski definition) is 2. The lowest BCUT2D eigenvalue weighted by Gasteiger charge is -2.27. The smallest absolute Gasteiger partial charge is 0.423 e. The highest BCUT2D eigenvalue weighted by molar-refractivity contribution is 7.98. The zero-order valence-corrected chi connectivity index (χ0v) is 12.5. The molecule has 0 amide bonds. The standard InChI is InChI=1S/C13H21BFNO2S/c1-4-12(9-19-3)16(2)8-10-5-6-11(15)7-13(10)14(17)18/h5-7,12,17-18H,4,8-9H2,1-3H3. The van der Waals surface area contributed by atoms with Crippen molar-refractivity contribution >= 4 is 24.3 Å². The summed E-state index contributed by atoms with van der Waals surface area (Å²) in [6, 6.07) is 4.57. The van der Waals surface area contributed by atoms with Crippen molar-refractivity contribution in [2.75, 3.05) is 19.1 Å². The maximum atomic E-state index is 13.2. The van der Waals surface area contributed by atoms with Crippen molar-refractivity contribution in [3.63, 3.8) is 0 Å². The molecule has 1 aromatic rings. The second kappa shape index (κ2) is 7.90. The Kier molecular flexibility index (Phi) is 6.86. The van der Waals surface area contributed by atoms with Gasteiger partial charge in [0.25, 0.3) is 0 Å². The van der Waals surface area contributed by atoms with E-state index in [0.717, 1.165) is 17.7 Å².